The van der Waals surface area contributed by atoms with Crippen LogP contribution in [0.15, 0.2) is 59.1 Å². The SMILES string of the molecule is O=C(O)C(S)c1nnc(-c2ccc(Br)cc2)n1-c1ccccc1. The standard InChI is InChI=1S/C16H12BrN3O2S/c17-11-8-6-10(7-9-11)14-18-19-15(13(23)16(21)22)20(14)12-4-2-1-3-5-12/h1-9,13,23H,(H,21,22). The number of hydrogen-bond donors (Lipinski definition) is 2. The highest BCUT2D eigenvalue weighted by atomic mass is 79.9. The fourth-order valence-electron chi connectivity index (χ4n) is 2.20. The Morgan fingerprint density at radius 1 is 1.09 bits per heavy atom. The van der Waals surface area contributed by atoms with Gasteiger partial charge in [-0.05, 0) is 24.3 Å². The predicted molar refractivity (Wildman–Crippen MR) is 93.9 cm³/mol. The molecule has 23 heavy (non-hydrogen) atoms. The number of carboxylic acid groups (broad SMARTS) is 1. The third kappa shape index (κ3) is 3.16. The molecule has 1 atom stereocenters. The fourth-order valence-corrected chi connectivity index (χ4v) is 2.63. The number of nitrogens with zero attached hydrogens (tertiary/aromatic N) is 3. The average Bonchev–Trinajstić information content (AvgIpc) is 3.00. The van der Waals surface area contributed by atoms with Crippen molar-refractivity contribution in [2.24, 2.45) is 0 Å². The Bertz CT molecular complexity index is 834. The molecule has 0 fully saturated rings. The Balaban J connectivity index is 2.21. The van der Waals surface area contributed by atoms with Gasteiger partial charge in [0.2, 0.25) is 0 Å². The third-order valence-electron chi connectivity index (χ3n) is 3.28. The van der Waals surface area contributed by atoms with E-state index in [0.29, 0.717) is 5.82 Å². The van der Waals surface area contributed by atoms with E-state index in [9.17, 15) is 9.90 Å². The van der Waals surface area contributed by atoms with Gasteiger partial charge in [0.1, 0.15) is 0 Å². The normalized spacial score (nSPS) is 12.1. The minimum atomic E-state index is -1.07. The van der Waals surface area contributed by atoms with Crippen molar-refractivity contribution in [1.82, 2.24) is 14.8 Å². The van der Waals surface area contributed by atoms with E-state index in [1.54, 1.807) is 4.57 Å². The molecule has 0 aliphatic rings. The number of aromatic nitrogens is 3. The first-order valence-corrected chi connectivity index (χ1v) is 8.06. The second-order valence-electron chi connectivity index (χ2n) is 4.80. The van der Waals surface area contributed by atoms with Gasteiger partial charge in [-0.1, -0.05) is 46.3 Å². The summed E-state index contributed by atoms with van der Waals surface area (Å²) in [5.41, 5.74) is 1.62. The molecule has 0 amide bonds. The summed E-state index contributed by atoms with van der Waals surface area (Å²) in [6.45, 7) is 0. The number of benzene rings is 2. The van der Waals surface area contributed by atoms with Crippen LogP contribution in [0.4, 0.5) is 0 Å². The lowest BCUT2D eigenvalue weighted by molar-refractivity contribution is -0.136. The summed E-state index contributed by atoms with van der Waals surface area (Å²) in [5.74, 6) is -0.232. The highest BCUT2D eigenvalue weighted by molar-refractivity contribution is 9.10. The number of hydrogen-bond acceptors (Lipinski definition) is 4. The highest BCUT2D eigenvalue weighted by Gasteiger charge is 2.25. The van der Waals surface area contributed by atoms with Crippen LogP contribution in [0.2, 0.25) is 0 Å². The first-order valence-electron chi connectivity index (χ1n) is 6.75. The second kappa shape index (κ2) is 6.55. The van der Waals surface area contributed by atoms with Crippen LogP contribution < -0.4 is 0 Å². The Labute approximate surface area is 146 Å². The topological polar surface area (TPSA) is 68.0 Å². The molecule has 0 saturated heterocycles. The van der Waals surface area contributed by atoms with Crippen LogP contribution >= 0.6 is 28.6 Å². The fraction of sp³-hybridized carbons (Fsp3) is 0.0625. The van der Waals surface area contributed by atoms with Crippen LogP contribution in [0.5, 0.6) is 0 Å². The zero-order valence-electron chi connectivity index (χ0n) is 11.8. The van der Waals surface area contributed by atoms with E-state index in [4.69, 9.17) is 0 Å². The van der Waals surface area contributed by atoms with E-state index < -0.39 is 11.2 Å². The molecule has 0 radical (unpaired) electrons. The number of thiol groups is 1. The van der Waals surface area contributed by atoms with Gasteiger partial charge < -0.3 is 5.11 Å². The van der Waals surface area contributed by atoms with E-state index >= 15 is 0 Å². The Hall–Kier alpha value is -2.12. The lowest BCUT2D eigenvalue weighted by atomic mass is 10.2. The minimum Gasteiger partial charge on any atom is -0.480 e. The lowest BCUT2D eigenvalue weighted by Gasteiger charge is -2.12. The summed E-state index contributed by atoms with van der Waals surface area (Å²) in [7, 11) is 0. The molecular formula is C16H12BrN3O2S. The van der Waals surface area contributed by atoms with Crippen LogP contribution in [0.1, 0.15) is 11.1 Å². The van der Waals surface area contributed by atoms with E-state index in [-0.39, 0.29) is 5.82 Å². The number of carbonyl (C=O) groups is 1. The molecule has 1 unspecified atom stereocenters. The molecule has 0 saturated carbocycles. The van der Waals surface area contributed by atoms with Crippen LogP contribution in [-0.4, -0.2) is 25.8 Å². The predicted octanol–water partition coefficient (Wildman–Crippen LogP) is 3.75. The van der Waals surface area contributed by atoms with Crippen molar-refractivity contribution in [3.8, 4) is 17.1 Å². The van der Waals surface area contributed by atoms with Crippen molar-refractivity contribution in [2.75, 3.05) is 0 Å². The monoisotopic (exact) mass is 389 g/mol. The van der Waals surface area contributed by atoms with Crippen molar-refractivity contribution < 1.29 is 9.90 Å². The number of rotatable bonds is 4. The van der Waals surface area contributed by atoms with Crippen molar-refractivity contribution >= 4 is 34.5 Å². The Morgan fingerprint density at radius 3 is 2.35 bits per heavy atom. The van der Waals surface area contributed by atoms with E-state index in [1.807, 2.05) is 54.6 Å². The summed E-state index contributed by atoms with van der Waals surface area (Å²) in [6.07, 6.45) is 0. The van der Waals surface area contributed by atoms with E-state index in [0.717, 1.165) is 15.7 Å². The van der Waals surface area contributed by atoms with E-state index in [1.165, 1.54) is 0 Å². The van der Waals surface area contributed by atoms with Gasteiger partial charge in [0.15, 0.2) is 16.9 Å². The van der Waals surface area contributed by atoms with Crippen molar-refractivity contribution in [3.05, 3.63) is 64.9 Å². The molecule has 0 aliphatic heterocycles. The summed E-state index contributed by atoms with van der Waals surface area (Å²) in [4.78, 5) is 11.3. The molecule has 2 aromatic carbocycles. The van der Waals surface area contributed by atoms with Crippen LogP contribution in [-0.2, 0) is 4.79 Å². The molecule has 3 rings (SSSR count). The number of aliphatic carboxylic acids is 1. The quantitative estimate of drug-likeness (QED) is 0.666. The van der Waals surface area contributed by atoms with Gasteiger partial charge in [-0.2, -0.15) is 12.6 Å². The molecule has 1 N–H and O–H groups in total. The number of halogens is 1. The first kappa shape index (κ1) is 15.8. The van der Waals surface area contributed by atoms with Gasteiger partial charge in [-0.3, -0.25) is 9.36 Å². The molecule has 116 valence electrons. The van der Waals surface area contributed by atoms with Crippen LogP contribution in [0.25, 0.3) is 17.1 Å². The maximum Gasteiger partial charge on any atom is 0.324 e. The van der Waals surface area contributed by atoms with Crippen LogP contribution in [0, 0.1) is 0 Å². The smallest absolute Gasteiger partial charge is 0.324 e. The van der Waals surface area contributed by atoms with Crippen molar-refractivity contribution in [1.29, 1.82) is 0 Å². The number of para-hydroxylation sites is 1. The molecule has 7 heteroatoms. The Morgan fingerprint density at radius 2 is 1.74 bits per heavy atom. The van der Waals surface area contributed by atoms with Crippen LogP contribution in [0.3, 0.4) is 0 Å². The second-order valence-corrected chi connectivity index (χ2v) is 6.23. The number of carboxylic acids is 1. The zero-order chi connectivity index (χ0) is 16.4. The molecule has 0 spiro atoms. The molecule has 5 nitrogen and oxygen atoms in total. The minimum absolute atomic E-state index is 0.268. The zero-order valence-corrected chi connectivity index (χ0v) is 14.3. The van der Waals surface area contributed by atoms with Crippen molar-refractivity contribution in [2.45, 2.75) is 5.25 Å². The maximum absolute atomic E-state index is 11.3. The van der Waals surface area contributed by atoms with Gasteiger partial charge in [-0.25, -0.2) is 0 Å². The Kier molecular flexibility index (Phi) is 4.49. The van der Waals surface area contributed by atoms with Gasteiger partial charge in [-0.15, -0.1) is 10.2 Å². The van der Waals surface area contributed by atoms with Gasteiger partial charge in [0.25, 0.3) is 0 Å². The van der Waals surface area contributed by atoms with E-state index in [2.05, 4.69) is 38.8 Å². The average molecular weight is 390 g/mol. The first-order chi connectivity index (χ1) is 11.1. The summed E-state index contributed by atoms with van der Waals surface area (Å²) < 4.78 is 2.67. The summed E-state index contributed by atoms with van der Waals surface area (Å²) in [6, 6.07) is 17.0. The molecule has 0 aliphatic carbocycles. The third-order valence-corrected chi connectivity index (χ3v) is 4.26. The lowest BCUT2D eigenvalue weighted by Crippen LogP contribution is -2.12. The molecule has 1 heterocycles. The summed E-state index contributed by atoms with van der Waals surface area (Å²) in [5, 5.41) is 16.4. The molecule has 3 aromatic rings. The van der Waals surface area contributed by atoms with Gasteiger partial charge >= 0.3 is 5.97 Å². The van der Waals surface area contributed by atoms with Gasteiger partial charge in [0.05, 0.1) is 0 Å². The van der Waals surface area contributed by atoms with Crippen molar-refractivity contribution in [3.63, 3.8) is 0 Å². The molecule has 0 bridgehead atoms. The van der Waals surface area contributed by atoms with Gasteiger partial charge in [0, 0.05) is 15.7 Å². The largest absolute Gasteiger partial charge is 0.480 e. The highest BCUT2D eigenvalue weighted by Crippen LogP contribution is 2.28. The molecular weight excluding hydrogens is 378 g/mol. The molecule has 1 aromatic heterocycles. The summed E-state index contributed by atoms with van der Waals surface area (Å²) >= 11 is 7.54. The maximum atomic E-state index is 11.3.